The molecule has 108 valence electrons. The van der Waals surface area contributed by atoms with E-state index in [9.17, 15) is 9.18 Å². The summed E-state index contributed by atoms with van der Waals surface area (Å²) in [6, 6.07) is 4.36. The molecule has 1 atom stereocenters. The fourth-order valence-electron chi connectivity index (χ4n) is 1.69. The summed E-state index contributed by atoms with van der Waals surface area (Å²) in [7, 11) is 0. The van der Waals surface area contributed by atoms with Crippen LogP contribution in [0, 0.1) is 5.82 Å². The molecule has 0 heterocycles. The lowest BCUT2D eigenvalue weighted by atomic mass is 9.96. The second-order valence-electron chi connectivity index (χ2n) is 4.59. The standard InChI is InChI=1S/C13H18BrFN2O.ClH/c1-3-6-13(2,16)12(18)17-8-9-7-10(15)4-5-11(9)14;/h4-5,7H,3,6,8,16H2,1-2H3,(H,17,18);1H. The van der Waals surface area contributed by atoms with Gasteiger partial charge in [-0.1, -0.05) is 29.3 Å². The van der Waals surface area contributed by atoms with Crippen LogP contribution in [0.2, 0.25) is 0 Å². The highest BCUT2D eigenvalue weighted by atomic mass is 79.9. The first-order chi connectivity index (χ1) is 8.36. The molecule has 0 radical (unpaired) electrons. The number of halogens is 3. The molecule has 0 aliphatic carbocycles. The van der Waals surface area contributed by atoms with Crippen molar-refractivity contribution in [2.24, 2.45) is 5.73 Å². The van der Waals surface area contributed by atoms with E-state index < -0.39 is 5.54 Å². The van der Waals surface area contributed by atoms with E-state index >= 15 is 0 Å². The third kappa shape index (κ3) is 5.47. The number of hydrogen-bond donors (Lipinski definition) is 2. The maximum absolute atomic E-state index is 13.1. The molecular formula is C13H19BrClFN2O. The largest absolute Gasteiger partial charge is 0.350 e. The highest BCUT2D eigenvalue weighted by molar-refractivity contribution is 9.10. The molecule has 1 rings (SSSR count). The van der Waals surface area contributed by atoms with Crippen LogP contribution in [0.25, 0.3) is 0 Å². The van der Waals surface area contributed by atoms with Crippen molar-refractivity contribution < 1.29 is 9.18 Å². The zero-order valence-corrected chi connectivity index (χ0v) is 13.4. The van der Waals surface area contributed by atoms with Crippen LogP contribution in [0.5, 0.6) is 0 Å². The number of carbonyl (C=O) groups excluding carboxylic acids is 1. The van der Waals surface area contributed by atoms with Crippen molar-refractivity contribution in [2.75, 3.05) is 0 Å². The molecular weight excluding hydrogens is 335 g/mol. The fourth-order valence-corrected chi connectivity index (χ4v) is 2.08. The number of amides is 1. The summed E-state index contributed by atoms with van der Waals surface area (Å²) in [6.45, 7) is 3.93. The lowest BCUT2D eigenvalue weighted by Gasteiger charge is -2.23. The maximum atomic E-state index is 13.1. The Bertz CT molecular complexity index is 441. The maximum Gasteiger partial charge on any atom is 0.240 e. The Hall–Kier alpha value is -0.650. The van der Waals surface area contributed by atoms with Crippen LogP contribution in [0.1, 0.15) is 32.3 Å². The van der Waals surface area contributed by atoms with Crippen LogP contribution in [0.4, 0.5) is 4.39 Å². The quantitative estimate of drug-likeness (QED) is 0.854. The highest BCUT2D eigenvalue weighted by Crippen LogP contribution is 2.18. The second kappa shape index (κ2) is 7.82. The Balaban J connectivity index is 0.00000324. The molecule has 0 bridgehead atoms. The third-order valence-electron chi connectivity index (χ3n) is 2.74. The predicted molar refractivity (Wildman–Crippen MR) is 80.7 cm³/mol. The van der Waals surface area contributed by atoms with Crippen molar-refractivity contribution in [1.29, 1.82) is 0 Å². The summed E-state index contributed by atoms with van der Waals surface area (Å²) in [4.78, 5) is 11.9. The van der Waals surface area contributed by atoms with Crippen LogP contribution < -0.4 is 11.1 Å². The van der Waals surface area contributed by atoms with Crippen LogP contribution >= 0.6 is 28.3 Å². The molecule has 1 aromatic carbocycles. The van der Waals surface area contributed by atoms with E-state index in [4.69, 9.17) is 5.73 Å². The van der Waals surface area contributed by atoms with Crippen molar-refractivity contribution in [1.82, 2.24) is 5.32 Å². The molecule has 19 heavy (non-hydrogen) atoms. The van der Waals surface area contributed by atoms with Gasteiger partial charge in [0.2, 0.25) is 5.91 Å². The van der Waals surface area contributed by atoms with Gasteiger partial charge in [0, 0.05) is 11.0 Å². The van der Waals surface area contributed by atoms with Crippen molar-refractivity contribution in [2.45, 2.75) is 38.8 Å². The van der Waals surface area contributed by atoms with Gasteiger partial charge in [0.1, 0.15) is 5.82 Å². The van der Waals surface area contributed by atoms with Gasteiger partial charge in [-0.05, 0) is 37.1 Å². The van der Waals surface area contributed by atoms with E-state index in [2.05, 4.69) is 21.2 Å². The summed E-state index contributed by atoms with van der Waals surface area (Å²) in [5.41, 5.74) is 5.72. The summed E-state index contributed by atoms with van der Waals surface area (Å²) < 4.78 is 13.8. The van der Waals surface area contributed by atoms with Crippen molar-refractivity contribution in [3.05, 3.63) is 34.1 Å². The zero-order valence-electron chi connectivity index (χ0n) is 11.0. The van der Waals surface area contributed by atoms with Gasteiger partial charge in [0.15, 0.2) is 0 Å². The van der Waals surface area contributed by atoms with Crippen molar-refractivity contribution in [3.8, 4) is 0 Å². The van der Waals surface area contributed by atoms with E-state index in [1.807, 2.05) is 6.92 Å². The minimum atomic E-state index is -0.880. The Morgan fingerprint density at radius 2 is 2.16 bits per heavy atom. The number of hydrogen-bond acceptors (Lipinski definition) is 2. The molecule has 0 saturated heterocycles. The molecule has 0 spiro atoms. The number of carbonyl (C=O) groups is 1. The van der Waals surface area contributed by atoms with Crippen LogP contribution in [0.3, 0.4) is 0 Å². The van der Waals surface area contributed by atoms with E-state index in [-0.39, 0.29) is 30.7 Å². The van der Waals surface area contributed by atoms with E-state index in [0.717, 1.165) is 10.9 Å². The predicted octanol–water partition coefficient (Wildman–Crippen LogP) is 3.14. The molecule has 6 heteroatoms. The molecule has 1 amide bonds. The number of benzene rings is 1. The normalized spacial score (nSPS) is 13.3. The van der Waals surface area contributed by atoms with Gasteiger partial charge in [-0.25, -0.2) is 4.39 Å². The molecule has 0 aliphatic heterocycles. The van der Waals surface area contributed by atoms with Crippen molar-refractivity contribution >= 4 is 34.2 Å². The minimum absolute atomic E-state index is 0. The minimum Gasteiger partial charge on any atom is -0.350 e. The molecule has 0 aromatic heterocycles. The second-order valence-corrected chi connectivity index (χ2v) is 5.44. The average Bonchev–Trinajstić information content (AvgIpc) is 2.29. The summed E-state index contributed by atoms with van der Waals surface area (Å²) in [6.07, 6.45) is 1.45. The Kier molecular flexibility index (Phi) is 7.55. The monoisotopic (exact) mass is 352 g/mol. The smallest absolute Gasteiger partial charge is 0.240 e. The molecule has 0 fully saturated rings. The van der Waals surface area contributed by atoms with Gasteiger partial charge in [-0.3, -0.25) is 4.79 Å². The lowest BCUT2D eigenvalue weighted by molar-refractivity contribution is -0.126. The van der Waals surface area contributed by atoms with Gasteiger partial charge in [-0.2, -0.15) is 0 Å². The highest BCUT2D eigenvalue weighted by Gasteiger charge is 2.26. The SMILES string of the molecule is CCCC(C)(N)C(=O)NCc1cc(F)ccc1Br.Cl. The molecule has 1 unspecified atom stereocenters. The zero-order chi connectivity index (χ0) is 13.8. The van der Waals surface area contributed by atoms with E-state index in [0.29, 0.717) is 12.0 Å². The van der Waals surface area contributed by atoms with Gasteiger partial charge in [0.05, 0.1) is 5.54 Å². The van der Waals surface area contributed by atoms with Crippen molar-refractivity contribution in [3.63, 3.8) is 0 Å². The number of rotatable bonds is 5. The van der Waals surface area contributed by atoms with E-state index in [1.165, 1.54) is 12.1 Å². The summed E-state index contributed by atoms with van der Waals surface area (Å²) >= 11 is 3.31. The average molecular weight is 354 g/mol. The molecule has 3 N–H and O–H groups in total. The topological polar surface area (TPSA) is 55.1 Å². The molecule has 0 saturated carbocycles. The molecule has 1 aromatic rings. The van der Waals surface area contributed by atoms with Gasteiger partial charge in [-0.15, -0.1) is 12.4 Å². The van der Waals surface area contributed by atoms with Crippen LogP contribution in [0.15, 0.2) is 22.7 Å². The molecule has 0 aliphatic rings. The third-order valence-corrected chi connectivity index (χ3v) is 3.51. The van der Waals surface area contributed by atoms with Gasteiger partial charge < -0.3 is 11.1 Å². The number of nitrogens with two attached hydrogens (primary N) is 1. The van der Waals surface area contributed by atoms with Gasteiger partial charge in [0.25, 0.3) is 0 Å². The first-order valence-electron chi connectivity index (χ1n) is 5.88. The Labute approximate surface area is 127 Å². The Morgan fingerprint density at radius 3 is 2.74 bits per heavy atom. The first kappa shape index (κ1) is 18.4. The van der Waals surface area contributed by atoms with E-state index in [1.54, 1.807) is 13.0 Å². The summed E-state index contributed by atoms with van der Waals surface area (Å²) in [5.74, 6) is -0.549. The number of nitrogens with one attached hydrogen (secondary N) is 1. The summed E-state index contributed by atoms with van der Waals surface area (Å²) in [5, 5.41) is 2.73. The first-order valence-corrected chi connectivity index (χ1v) is 6.67. The lowest BCUT2D eigenvalue weighted by Crippen LogP contribution is -2.51. The van der Waals surface area contributed by atoms with Crippen LogP contribution in [-0.2, 0) is 11.3 Å². The molecule has 3 nitrogen and oxygen atoms in total. The van der Waals surface area contributed by atoms with Crippen LogP contribution in [-0.4, -0.2) is 11.4 Å². The van der Waals surface area contributed by atoms with Gasteiger partial charge >= 0.3 is 0 Å². The fraction of sp³-hybridized carbons (Fsp3) is 0.462. The Morgan fingerprint density at radius 1 is 1.53 bits per heavy atom.